The number of thiazole rings is 1. The first kappa shape index (κ1) is 16.6. The summed E-state index contributed by atoms with van der Waals surface area (Å²) in [5.41, 5.74) is 0.547. The second-order valence-corrected chi connectivity index (χ2v) is 5.51. The molecule has 0 atom stereocenters. The molecule has 0 aliphatic heterocycles. The molecule has 1 amide bonds. The van der Waals surface area contributed by atoms with Crippen molar-refractivity contribution in [1.29, 1.82) is 0 Å². The number of carbonyl (C=O) groups excluding carboxylic acids is 1. The number of nitro groups is 1. The first-order valence-electron chi connectivity index (χ1n) is 6.65. The van der Waals surface area contributed by atoms with Gasteiger partial charge >= 0.3 is 5.97 Å². The van der Waals surface area contributed by atoms with E-state index in [-0.39, 0.29) is 23.5 Å². The van der Waals surface area contributed by atoms with Gasteiger partial charge < -0.3 is 10.4 Å². The number of hydrogen-bond donors (Lipinski definition) is 2. The number of hydrogen-bond acceptors (Lipinski definition) is 6. The molecule has 2 aromatic rings. The third-order valence-corrected chi connectivity index (χ3v) is 3.94. The van der Waals surface area contributed by atoms with E-state index in [0.717, 1.165) is 11.3 Å². The van der Waals surface area contributed by atoms with Crippen molar-refractivity contribution in [3.63, 3.8) is 0 Å². The fraction of sp³-hybridized carbons (Fsp3) is 0.214. The molecule has 0 bridgehead atoms. The quantitative estimate of drug-likeness (QED) is 0.616. The van der Waals surface area contributed by atoms with Crippen LogP contribution >= 0.6 is 11.3 Å². The number of benzene rings is 1. The maximum atomic E-state index is 12.1. The zero-order valence-electron chi connectivity index (χ0n) is 12.1. The lowest BCUT2D eigenvalue weighted by Crippen LogP contribution is -2.23. The average Bonchev–Trinajstić information content (AvgIpc) is 3.01. The Balaban J connectivity index is 2.09. The van der Waals surface area contributed by atoms with Crippen LogP contribution in [0.25, 0.3) is 0 Å². The SMILES string of the molecule is CCc1ccc(C(=O)NCc2nc(C(=O)O)cs2)cc1[N+](=O)[O-]. The largest absolute Gasteiger partial charge is 0.476 e. The number of rotatable bonds is 6. The van der Waals surface area contributed by atoms with Crippen molar-refractivity contribution in [1.82, 2.24) is 10.3 Å². The minimum absolute atomic E-state index is 0.0557. The zero-order chi connectivity index (χ0) is 17.0. The Morgan fingerprint density at radius 1 is 1.43 bits per heavy atom. The lowest BCUT2D eigenvalue weighted by Gasteiger charge is -2.05. The van der Waals surface area contributed by atoms with E-state index in [1.807, 2.05) is 0 Å². The van der Waals surface area contributed by atoms with Gasteiger partial charge in [-0.1, -0.05) is 13.0 Å². The molecule has 2 rings (SSSR count). The highest BCUT2D eigenvalue weighted by molar-refractivity contribution is 7.09. The van der Waals surface area contributed by atoms with Gasteiger partial charge in [-0.25, -0.2) is 9.78 Å². The molecule has 0 radical (unpaired) electrons. The molecule has 120 valence electrons. The number of aryl methyl sites for hydroxylation is 1. The van der Waals surface area contributed by atoms with Crippen LogP contribution in [0.1, 0.15) is 38.3 Å². The van der Waals surface area contributed by atoms with Crippen LogP contribution in [0.15, 0.2) is 23.6 Å². The number of aromatic nitrogens is 1. The molecular weight excluding hydrogens is 322 g/mol. The van der Waals surface area contributed by atoms with Crippen molar-refractivity contribution < 1.29 is 19.6 Å². The highest BCUT2D eigenvalue weighted by atomic mass is 32.1. The summed E-state index contributed by atoms with van der Waals surface area (Å²) < 4.78 is 0. The van der Waals surface area contributed by atoms with Gasteiger partial charge in [0.1, 0.15) is 5.01 Å². The molecule has 0 unspecified atom stereocenters. The Hall–Kier alpha value is -2.81. The molecule has 0 aliphatic rings. The Labute approximate surface area is 134 Å². The van der Waals surface area contributed by atoms with Crippen molar-refractivity contribution in [2.75, 3.05) is 0 Å². The van der Waals surface area contributed by atoms with Crippen molar-refractivity contribution in [3.05, 3.63) is 55.5 Å². The molecule has 0 spiro atoms. The van der Waals surface area contributed by atoms with Gasteiger partial charge in [-0.3, -0.25) is 14.9 Å². The third kappa shape index (κ3) is 3.89. The maximum absolute atomic E-state index is 12.1. The minimum atomic E-state index is -1.13. The molecule has 0 aliphatic carbocycles. The fourth-order valence-corrected chi connectivity index (χ4v) is 2.63. The molecule has 9 heteroatoms. The molecule has 1 heterocycles. The summed E-state index contributed by atoms with van der Waals surface area (Å²) in [6, 6.07) is 4.31. The summed E-state index contributed by atoms with van der Waals surface area (Å²) in [5, 5.41) is 24.2. The highest BCUT2D eigenvalue weighted by Gasteiger charge is 2.17. The van der Waals surface area contributed by atoms with Gasteiger partial charge in [-0.05, 0) is 12.5 Å². The van der Waals surface area contributed by atoms with Crippen LogP contribution < -0.4 is 5.32 Å². The Kier molecular flexibility index (Phi) is 5.02. The second-order valence-electron chi connectivity index (χ2n) is 4.57. The summed E-state index contributed by atoms with van der Waals surface area (Å²) in [6.07, 6.45) is 0.495. The number of aromatic carboxylic acids is 1. The normalized spacial score (nSPS) is 10.3. The number of carbonyl (C=O) groups is 2. The summed E-state index contributed by atoms with van der Waals surface area (Å²) in [7, 11) is 0. The van der Waals surface area contributed by atoms with E-state index in [0.29, 0.717) is 17.0 Å². The second kappa shape index (κ2) is 6.97. The lowest BCUT2D eigenvalue weighted by atomic mass is 10.1. The van der Waals surface area contributed by atoms with Gasteiger partial charge in [-0.15, -0.1) is 11.3 Å². The van der Waals surface area contributed by atoms with Gasteiger partial charge in [0.2, 0.25) is 0 Å². The summed E-state index contributed by atoms with van der Waals surface area (Å²) in [5.74, 6) is -1.62. The molecule has 8 nitrogen and oxygen atoms in total. The summed E-state index contributed by atoms with van der Waals surface area (Å²) in [6.45, 7) is 1.85. The maximum Gasteiger partial charge on any atom is 0.355 e. The standard InChI is InChI=1S/C14H13N3O5S/c1-2-8-3-4-9(5-11(8)17(21)22)13(18)15-6-12-16-10(7-23-12)14(19)20/h3-5,7H,2,6H2,1H3,(H,15,18)(H,19,20). The number of nitrogens with zero attached hydrogens (tertiary/aromatic N) is 2. The molecule has 1 aromatic carbocycles. The average molecular weight is 335 g/mol. The number of nitrogens with one attached hydrogen (secondary N) is 1. The number of nitro benzene ring substituents is 1. The van der Waals surface area contributed by atoms with E-state index in [9.17, 15) is 19.7 Å². The van der Waals surface area contributed by atoms with Gasteiger partial charge in [0.05, 0.1) is 11.5 Å². The molecule has 0 fully saturated rings. The molecule has 1 aromatic heterocycles. The van der Waals surface area contributed by atoms with Gasteiger partial charge in [0, 0.05) is 22.6 Å². The zero-order valence-corrected chi connectivity index (χ0v) is 12.9. The number of amides is 1. The predicted octanol–water partition coefficient (Wildman–Crippen LogP) is 2.24. The van der Waals surface area contributed by atoms with E-state index in [1.165, 1.54) is 17.5 Å². The molecule has 0 saturated heterocycles. The molecule has 23 heavy (non-hydrogen) atoms. The van der Waals surface area contributed by atoms with Crippen LogP contribution in [0.4, 0.5) is 5.69 Å². The van der Waals surface area contributed by atoms with E-state index in [4.69, 9.17) is 5.11 Å². The van der Waals surface area contributed by atoms with Crippen molar-refractivity contribution in [2.45, 2.75) is 19.9 Å². The van der Waals surface area contributed by atoms with Crippen molar-refractivity contribution >= 4 is 28.9 Å². The highest BCUT2D eigenvalue weighted by Crippen LogP contribution is 2.21. The Bertz CT molecular complexity index is 772. The van der Waals surface area contributed by atoms with E-state index in [1.54, 1.807) is 13.0 Å². The van der Waals surface area contributed by atoms with E-state index >= 15 is 0 Å². The lowest BCUT2D eigenvalue weighted by molar-refractivity contribution is -0.385. The van der Waals surface area contributed by atoms with E-state index in [2.05, 4.69) is 10.3 Å². The minimum Gasteiger partial charge on any atom is -0.476 e. The summed E-state index contributed by atoms with van der Waals surface area (Å²) in [4.78, 5) is 37.1. The Morgan fingerprint density at radius 2 is 2.17 bits per heavy atom. The monoisotopic (exact) mass is 335 g/mol. The van der Waals surface area contributed by atoms with Gasteiger partial charge in [0.15, 0.2) is 5.69 Å². The Morgan fingerprint density at radius 3 is 2.74 bits per heavy atom. The number of carboxylic acid groups (broad SMARTS) is 1. The van der Waals surface area contributed by atoms with Crippen molar-refractivity contribution in [3.8, 4) is 0 Å². The third-order valence-electron chi connectivity index (χ3n) is 3.10. The molecule has 2 N–H and O–H groups in total. The first-order valence-corrected chi connectivity index (χ1v) is 7.53. The first-order chi connectivity index (χ1) is 10.9. The van der Waals surface area contributed by atoms with Crippen LogP contribution in [-0.4, -0.2) is 26.9 Å². The fourth-order valence-electron chi connectivity index (χ4n) is 1.92. The smallest absolute Gasteiger partial charge is 0.355 e. The van der Waals surface area contributed by atoms with Gasteiger partial charge in [0.25, 0.3) is 11.6 Å². The molecule has 0 saturated carbocycles. The number of carboxylic acids is 1. The van der Waals surface area contributed by atoms with Crippen LogP contribution in [0.5, 0.6) is 0 Å². The van der Waals surface area contributed by atoms with Crippen LogP contribution in [0.3, 0.4) is 0 Å². The van der Waals surface area contributed by atoms with Crippen LogP contribution in [0, 0.1) is 10.1 Å². The topological polar surface area (TPSA) is 122 Å². The van der Waals surface area contributed by atoms with Crippen molar-refractivity contribution in [2.24, 2.45) is 0 Å². The molecular formula is C14H13N3O5S. The predicted molar refractivity (Wildman–Crippen MR) is 82.7 cm³/mol. The van der Waals surface area contributed by atoms with Crippen LogP contribution in [-0.2, 0) is 13.0 Å². The van der Waals surface area contributed by atoms with E-state index < -0.39 is 16.8 Å². The summed E-state index contributed by atoms with van der Waals surface area (Å²) >= 11 is 1.11. The van der Waals surface area contributed by atoms with Crippen LogP contribution in [0.2, 0.25) is 0 Å². The van der Waals surface area contributed by atoms with Gasteiger partial charge in [-0.2, -0.15) is 0 Å².